The molecular formula is C19H15BrF3N3O2S. The second-order valence-corrected chi connectivity index (χ2v) is 8.84. The summed E-state index contributed by atoms with van der Waals surface area (Å²) in [5, 5.41) is 3.99. The van der Waals surface area contributed by atoms with Crippen molar-refractivity contribution in [1.82, 2.24) is 14.7 Å². The second-order valence-electron chi connectivity index (χ2n) is 6.29. The normalized spacial score (nSPS) is 11.5. The lowest BCUT2D eigenvalue weighted by atomic mass is 10.1. The van der Waals surface area contributed by atoms with Crippen LogP contribution in [0.25, 0.3) is 5.69 Å². The molecule has 0 aliphatic carbocycles. The highest BCUT2D eigenvalue weighted by molar-refractivity contribution is 9.11. The Hall–Kier alpha value is -2.46. The molecule has 0 unspecified atom stereocenters. The molecule has 0 saturated carbocycles. The molecule has 0 atom stereocenters. The highest BCUT2D eigenvalue weighted by atomic mass is 79.9. The number of amides is 1. The van der Waals surface area contributed by atoms with Gasteiger partial charge in [0.25, 0.3) is 5.91 Å². The minimum absolute atomic E-state index is 0.188. The molecule has 29 heavy (non-hydrogen) atoms. The number of halogens is 4. The maximum absolute atomic E-state index is 13.4. The van der Waals surface area contributed by atoms with Crippen LogP contribution >= 0.6 is 27.3 Å². The van der Waals surface area contributed by atoms with E-state index in [-0.39, 0.29) is 17.9 Å². The highest BCUT2D eigenvalue weighted by Crippen LogP contribution is 2.33. The van der Waals surface area contributed by atoms with Gasteiger partial charge in [-0.3, -0.25) is 9.59 Å². The van der Waals surface area contributed by atoms with Crippen molar-refractivity contribution in [3.63, 3.8) is 0 Å². The van der Waals surface area contributed by atoms with E-state index in [1.807, 2.05) is 12.1 Å². The van der Waals surface area contributed by atoms with Gasteiger partial charge < -0.3 is 4.90 Å². The van der Waals surface area contributed by atoms with Gasteiger partial charge in [0.05, 0.1) is 21.6 Å². The van der Waals surface area contributed by atoms with Crippen LogP contribution in [0.1, 0.15) is 26.6 Å². The Kier molecular flexibility index (Phi) is 5.95. The van der Waals surface area contributed by atoms with Crippen molar-refractivity contribution in [2.45, 2.75) is 19.6 Å². The maximum atomic E-state index is 13.4. The molecule has 1 aromatic carbocycles. The zero-order valence-corrected chi connectivity index (χ0v) is 17.7. The van der Waals surface area contributed by atoms with E-state index < -0.39 is 28.8 Å². The summed E-state index contributed by atoms with van der Waals surface area (Å²) < 4.78 is 42.1. The van der Waals surface area contributed by atoms with Crippen LogP contribution in [0.5, 0.6) is 0 Å². The van der Waals surface area contributed by atoms with Gasteiger partial charge in [-0.25, -0.2) is 4.68 Å². The summed E-state index contributed by atoms with van der Waals surface area (Å²) in [5.41, 5.74) is -2.06. The largest absolute Gasteiger partial charge is 0.418 e. The third-order valence-corrected chi connectivity index (χ3v) is 5.72. The number of aromatic nitrogens is 2. The monoisotopic (exact) mass is 485 g/mol. The van der Waals surface area contributed by atoms with Gasteiger partial charge in [-0.1, -0.05) is 12.1 Å². The van der Waals surface area contributed by atoms with Gasteiger partial charge >= 0.3 is 6.18 Å². The van der Waals surface area contributed by atoms with E-state index in [0.29, 0.717) is 0 Å². The van der Waals surface area contributed by atoms with E-state index in [4.69, 9.17) is 0 Å². The topological polar surface area (TPSA) is 55.2 Å². The van der Waals surface area contributed by atoms with E-state index in [2.05, 4.69) is 21.0 Å². The number of carbonyl (C=O) groups is 1. The number of hydrogen-bond acceptors (Lipinski definition) is 4. The van der Waals surface area contributed by atoms with Gasteiger partial charge in [0, 0.05) is 23.7 Å². The molecule has 0 aliphatic rings. The van der Waals surface area contributed by atoms with Gasteiger partial charge in [0.1, 0.15) is 0 Å². The molecule has 0 fully saturated rings. The summed E-state index contributed by atoms with van der Waals surface area (Å²) in [5.74, 6) is -0.669. The lowest BCUT2D eigenvalue weighted by Gasteiger charge is -2.19. The quantitative estimate of drug-likeness (QED) is 0.540. The summed E-state index contributed by atoms with van der Waals surface area (Å²) in [6.45, 7) is 1.70. The van der Waals surface area contributed by atoms with Crippen LogP contribution in [0, 0.1) is 6.92 Å². The predicted molar refractivity (Wildman–Crippen MR) is 107 cm³/mol. The fraction of sp³-hybridized carbons (Fsp3) is 0.211. The van der Waals surface area contributed by atoms with Crippen LogP contribution in [0.15, 0.2) is 51.0 Å². The molecule has 0 bridgehead atoms. The number of hydrogen-bond donors (Lipinski definition) is 0. The number of nitrogens with zero attached hydrogens (tertiary/aromatic N) is 3. The molecule has 3 aromatic rings. The molecule has 10 heteroatoms. The summed E-state index contributed by atoms with van der Waals surface area (Å²) in [4.78, 5) is 27.3. The van der Waals surface area contributed by atoms with Crippen molar-refractivity contribution < 1.29 is 18.0 Å². The van der Waals surface area contributed by atoms with Crippen LogP contribution in [0.2, 0.25) is 0 Å². The van der Waals surface area contributed by atoms with Crippen molar-refractivity contribution in [1.29, 1.82) is 0 Å². The molecule has 0 spiro atoms. The minimum atomic E-state index is -4.61. The van der Waals surface area contributed by atoms with E-state index in [1.165, 1.54) is 48.4 Å². The van der Waals surface area contributed by atoms with Gasteiger partial charge in [-0.15, -0.1) is 11.3 Å². The minimum Gasteiger partial charge on any atom is -0.335 e. The van der Waals surface area contributed by atoms with Gasteiger partial charge in [-0.05, 0) is 47.1 Å². The lowest BCUT2D eigenvalue weighted by molar-refractivity contribution is -0.137. The van der Waals surface area contributed by atoms with E-state index in [9.17, 15) is 22.8 Å². The Morgan fingerprint density at radius 2 is 1.93 bits per heavy atom. The molecule has 0 radical (unpaired) electrons. The molecule has 2 heterocycles. The molecule has 3 rings (SSSR count). The highest BCUT2D eigenvalue weighted by Gasteiger charge is 2.34. The van der Waals surface area contributed by atoms with Crippen molar-refractivity contribution in [2.75, 3.05) is 7.05 Å². The van der Waals surface area contributed by atoms with Crippen LogP contribution in [0.4, 0.5) is 13.2 Å². The molecular weight excluding hydrogens is 471 g/mol. The summed E-state index contributed by atoms with van der Waals surface area (Å²) in [6, 6.07) is 9.66. The Morgan fingerprint density at radius 3 is 2.55 bits per heavy atom. The first-order chi connectivity index (χ1) is 13.6. The first-order valence-electron chi connectivity index (χ1n) is 8.35. The van der Waals surface area contributed by atoms with E-state index in [1.54, 1.807) is 0 Å². The number of carbonyl (C=O) groups excluding carboxylic acids is 1. The summed E-state index contributed by atoms with van der Waals surface area (Å²) in [7, 11) is 1.50. The maximum Gasteiger partial charge on any atom is 0.418 e. The predicted octanol–water partition coefficient (Wildman–Crippen LogP) is 4.66. The number of aryl methyl sites for hydroxylation is 1. The molecule has 0 N–H and O–H groups in total. The number of benzene rings is 1. The van der Waals surface area contributed by atoms with E-state index >= 15 is 0 Å². The molecule has 0 aliphatic heterocycles. The van der Waals surface area contributed by atoms with Gasteiger partial charge in [0.2, 0.25) is 5.43 Å². The molecule has 0 saturated heterocycles. The molecule has 1 amide bonds. The Bertz CT molecular complexity index is 1120. The van der Waals surface area contributed by atoms with E-state index in [0.717, 1.165) is 25.5 Å². The smallest absolute Gasteiger partial charge is 0.335 e. The standard InChI is InChI=1S/C19H15BrF3N3O2S/c1-11-9-15(27)17(18(28)25(2)10-12-7-8-16(20)29-12)24-26(11)14-6-4-3-5-13(14)19(21,22)23/h3-9H,10H2,1-2H3. The van der Waals surface area contributed by atoms with Crippen LogP contribution in [-0.2, 0) is 12.7 Å². The lowest BCUT2D eigenvalue weighted by Crippen LogP contribution is -2.33. The molecule has 152 valence electrons. The van der Waals surface area contributed by atoms with Crippen molar-refractivity contribution in [3.8, 4) is 5.69 Å². The van der Waals surface area contributed by atoms with Gasteiger partial charge in [-0.2, -0.15) is 18.3 Å². The fourth-order valence-corrected chi connectivity index (χ4v) is 4.30. The first kappa shape index (κ1) is 21.3. The number of rotatable bonds is 4. The van der Waals surface area contributed by atoms with Crippen LogP contribution in [-0.4, -0.2) is 27.6 Å². The molecule has 2 aromatic heterocycles. The Balaban J connectivity index is 2.03. The fourth-order valence-electron chi connectivity index (χ4n) is 2.76. The average molecular weight is 486 g/mol. The van der Waals surface area contributed by atoms with Crippen molar-refractivity contribution in [3.05, 3.63) is 78.3 Å². The number of alkyl halides is 3. The van der Waals surface area contributed by atoms with Crippen molar-refractivity contribution in [2.24, 2.45) is 0 Å². The first-order valence-corrected chi connectivity index (χ1v) is 9.96. The Morgan fingerprint density at radius 1 is 1.24 bits per heavy atom. The zero-order valence-electron chi connectivity index (χ0n) is 15.3. The number of thiophene rings is 1. The average Bonchev–Trinajstić information content (AvgIpc) is 3.05. The number of para-hydroxylation sites is 1. The van der Waals surface area contributed by atoms with Gasteiger partial charge in [0.15, 0.2) is 5.69 Å². The SMILES string of the molecule is Cc1cc(=O)c(C(=O)N(C)Cc2ccc(Br)s2)nn1-c1ccccc1C(F)(F)F. The third-order valence-electron chi connectivity index (χ3n) is 4.12. The van der Waals surface area contributed by atoms with Crippen LogP contribution in [0.3, 0.4) is 0 Å². The van der Waals surface area contributed by atoms with Crippen molar-refractivity contribution >= 4 is 33.2 Å². The summed E-state index contributed by atoms with van der Waals surface area (Å²) >= 11 is 4.77. The van der Waals surface area contributed by atoms with Crippen LogP contribution < -0.4 is 5.43 Å². The third kappa shape index (κ3) is 4.59. The molecule has 5 nitrogen and oxygen atoms in total. The summed E-state index contributed by atoms with van der Waals surface area (Å²) in [6.07, 6.45) is -4.61. The Labute approximate surface area is 176 Å². The zero-order chi connectivity index (χ0) is 21.3. The second kappa shape index (κ2) is 8.11.